The third-order valence-electron chi connectivity index (χ3n) is 3.81. The zero-order valence-corrected chi connectivity index (χ0v) is 17.2. The van der Waals surface area contributed by atoms with Gasteiger partial charge in [0.05, 0.1) is 19.5 Å². The molecular weight excluding hydrogens is 376 g/mol. The highest BCUT2D eigenvalue weighted by Crippen LogP contribution is 2.28. The largest absolute Gasteiger partial charge is 0.493 e. The molecule has 6 nitrogen and oxygen atoms in total. The SMILES string of the molecule is COc1cc(C(=O)NNC(=O)CSc2ccccc2)ccc1OCCC(C)C. The van der Waals surface area contributed by atoms with Gasteiger partial charge in [0.25, 0.3) is 5.91 Å². The lowest BCUT2D eigenvalue weighted by molar-refractivity contribution is -0.119. The quantitative estimate of drug-likeness (QED) is 0.494. The first kappa shape index (κ1) is 21.6. The summed E-state index contributed by atoms with van der Waals surface area (Å²) in [5.74, 6) is 1.09. The monoisotopic (exact) mass is 402 g/mol. The second kappa shape index (κ2) is 11.2. The number of hydrogen-bond acceptors (Lipinski definition) is 5. The van der Waals surface area contributed by atoms with Crippen LogP contribution in [0.25, 0.3) is 0 Å². The van der Waals surface area contributed by atoms with Crippen LogP contribution in [-0.2, 0) is 4.79 Å². The summed E-state index contributed by atoms with van der Waals surface area (Å²) in [7, 11) is 1.52. The minimum absolute atomic E-state index is 0.205. The van der Waals surface area contributed by atoms with Gasteiger partial charge in [0.2, 0.25) is 5.91 Å². The first-order valence-electron chi connectivity index (χ1n) is 9.07. The number of benzene rings is 2. The second-order valence-corrected chi connectivity index (χ2v) is 7.55. The van der Waals surface area contributed by atoms with E-state index in [9.17, 15) is 9.59 Å². The summed E-state index contributed by atoms with van der Waals surface area (Å²) < 4.78 is 11.0. The van der Waals surface area contributed by atoms with E-state index in [1.54, 1.807) is 18.2 Å². The van der Waals surface area contributed by atoms with Crippen molar-refractivity contribution in [2.45, 2.75) is 25.2 Å². The number of amides is 2. The van der Waals surface area contributed by atoms with Crippen molar-refractivity contribution >= 4 is 23.6 Å². The fourth-order valence-corrected chi connectivity index (χ4v) is 2.95. The van der Waals surface area contributed by atoms with Gasteiger partial charge >= 0.3 is 0 Å². The Bertz CT molecular complexity index is 781. The van der Waals surface area contributed by atoms with Crippen LogP contribution in [0.15, 0.2) is 53.4 Å². The number of hydrogen-bond donors (Lipinski definition) is 2. The molecule has 0 aromatic heterocycles. The van der Waals surface area contributed by atoms with Crippen molar-refractivity contribution in [3.05, 3.63) is 54.1 Å². The van der Waals surface area contributed by atoms with Gasteiger partial charge in [0.15, 0.2) is 11.5 Å². The molecule has 0 bridgehead atoms. The van der Waals surface area contributed by atoms with Crippen LogP contribution in [0.3, 0.4) is 0 Å². The van der Waals surface area contributed by atoms with Crippen LogP contribution in [0.2, 0.25) is 0 Å². The number of methoxy groups -OCH3 is 1. The maximum absolute atomic E-state index is 12.3. The predicted octanol–water partition coefficient (Wildman–Crippen LogP) is 3.67. The Hall–Kier alpha value is -2.67. The van der Waals surface area contributed by atoms with Gasteiger partial charge in [-0.2, -0.15) is 0 Å². The molecule has 0 radical (unpaired) electrons. The van der Waals surface area contributed by atoms with E-state index in [0.29, 0.717) is 29.6 Å². The number of carbonyl (C=O) groups excluding carboxylic acids is 2. The topological polar surface area (TPSA) is 76.7 Å². The average molecular weight is 403 g/mol. The summed E-state index contributed by atoms with van der Waals surface area (Å²) in [5.41, 5.74) is 5.20. The number of hydrazine groups is 1. The highest BCUT2D eigenvalue weighted by molar-refractivity contribution is 8.00. The molecule has 0 atom stereocenters. The molecule has 2 aromatic carbocycles. The van der Waals surface area contributed by atoms with E-state index in [1.165, 1.54) is 18.9 Å². The van der Waals surface area contributed by atoms with Gasteiger partial charge < -0.3 is 9.47 Å². The minimum atomic E-state index is -0.426. The van der Waals surface area contributed by atoms with Crippen LogP contribution < -0.4 is 20.3 Å². The van der Waals surface area contributed by atoms with Gasteiger partial charge in [-0.05, 0) is 42.7 Å². The van der Waals surface area contributed by atoms with Crippen molar-refractivity contribution in [3.63, 3.8) is 0 Å². The summed E-state index contributed by atoms with van der Waals surface area (Å²) >= 11 is 1.39. The molecule has 0 aliphatic heterocycles. The molecule has 2 amide bonds. The van der Waals surface area contributed by atoms with Gasteiger partial charge in [-0.1, -0.05) is 32.0 Å². The summed E-state index contributed by atoms with van der Waals surface area (Å²) in [6.45, 7) is 4.83. The molecule has 2 rings (SSSR count). The van der Waals surface area contributed by atoms with Crippen LogP contribution in [0.1, 0.15) is 30.6 Å². The Kier molecular flexibility index (Phi) is 8.68. The molecule has 0 aliphatic rings. The lowest BCUT2D eigenvalue weighted by atomic mass is 10.1. The molecular formula is C21H26N2O4S. The highest BCUT2D eigenvalue weighted by Gasteiger charge is 2.12. The van der Waals surface area contributed by atoms with Crippen molar-refractivity contribution in [1.29, 1.82) is 0 Å². The maximum atomic E-state index is 12.3. The van der Waals surface area contributed by atoms with Gasteiger partial charge in [-0.15, -0.1) is 11.8 Å². The van der Waals surface area contributed by atoms with Crippen molar-refractivity contribution < 1.29 is 19.1 Å². The summed E-state index contributed by atoms with van der Waals surface area (Å²) in [6, 6.07) is 14.5. The number of nitrogens with one attached hydrogen (secondary N) is 2. The lowest BCUT2D eigenvalue weighted by Crippen LogP contribution is -2.42. The van der Waals surface area contributed by atoms with E-state index in [0.717, 1.165) is 11.3 Å². The van der Waals surface area contributed by atoms with Crippen LogP contribution in [0, 0.1) is 5.92 Å². The molecule has 2 N–H and O–H groups in total. The Morgan fingerprint density at radius 2 is 1.79 bits per heavy atom. The third-order valence-corrected chi connectivity index (χ3v) is 4.82. The first-order chi connectivity index (χ1) is 13.5. The molecule has 7 heteroatoms. The summed E-state index contributed by atoms with van der Waals surface area (Å²) in [6.07, 6.45) is 0.929. The summed E-state index contributed by atoms with van der Waals surface area (Å²) in [4.78, 5) is 25.2. The third kappa shape index (κ3) is 7.15. The smallest absolute Gasteiger partial charge is 0.269 e. The number of carbonyl (C=O) groups is 2. The molecule has 28 heavy (non-hydrogen) atoms. The van der Waals surface area contributed by atoms with E-state index in [1.807, 2.05) is 30.3 Å². The van der Waals surface area contributed by atoms with E-state index < -0.39 is 5.91 Å². The fraction of sp³-hybridized carbons (Fsp3) is 0.333. The van der Waals surface area contributed by atoms with Gasteiger partial charge in [0.1, 0.15) is 0 Å². The zero-order chi connectivity index (χ0) is 20.4. The number of ether oxygens (including phenoxy) is 2. The minimum Gasteiger partial charge on any atom is -0.493 e. The van der Waals surface area contributed by atoms with Crippen LogP contribution in [0.5, 0.6) is 11.5 Å². The first-order valence-corrected chi connectivity index (χ1v) is 10.1. The highest BCUT2D eigenvalue weighted by atomic mass is 32.2. The van der Waals surface area contributed by atoms with Gasteiger partial charge in [-0.25, -0.2) is 0 Å². The van der Waals surface area contributed by atoms with Crippen molar-refractivity contribution in [2.24, 2.45) is 5.92 Å². The van der Waals surface area contributed by atoms with E-state index in [-0.39, 0.29) is 11.7 Å². The Morgan fingerprint density at radius 1 is 1.04 bits per heavy atom. The van der Waals surface area contributed by atoms with E-state index >= 15 is 0 Å². The molecule has 150 valence electrons. The van der Waals surface area contributed by atoms with Crippen molar-refractivity contribution in [3.8, 4) is 11.5 Å². The maximum Gasteiger partial charge on any atom is 0.269 e. The molecule has 0 saturated carbocycles. The molecule has 0 fully saturated rings. The van der Waals surface area contributed by atoms with E-state index in [2.05, 4.69) is 24.7 Å². The lowest BCUT2D eigenvalue weighted by Gasteiger charge is -2.13. The fourth-order valence-electron chi connectivity index (χ4n) is 2.23. The van der Waals surface area contributed by atoms with E-state index in [4.69, 9.17) is 9.47 Å². The standard InChI is InChI=1S/C21H26N2O4S/c1-15(2)11-12-27-18-10-9-16(13-19(18)26-3)21(25)23-22-20(24)14-28-17-7-5-4-6-8-17/h4-10,13,15H,11-12,14H2,1-3H3,(H,22,24)(H,23,25). The Labute approximate surface area is 170 Å². The molecule has 0 aliphatic carbocycles. The van der Waals surface area contributed by atoms with Gasteiger partial charge in [0, 0.05) is 10.5 Å². The average Bonchev–Trinajstić information content (AvgIpc) is 2.71. The Balaban J connectivity index is 1.84. The number of rotatable bonds is 9. The second-order valence-electron chi connectivity index (χ2n) is 6.50. The summed E-state index contributed by atoms with van der Waals surface area (Å²) in [5, 5.41) is 0. The Morgan fingerprint density at radius 3 is 2.46 bits per heavy atom. The van der Waals surface area contributed by atoms with Crippen LogP contribution >= 0.6 is 11.8 Å². The van der Waals surface area contributed by atoms with Crippen molar-refractivity contribution in [1.82, 2.24) is 10.9 Å². The normalized spacial score (nSPS) is 10.4. The molecule has 2 aromatic rings. The van der Waals surface area contributed by atoms with Crippen LogP contribution in [-0.4, -0.2) is 31.3 Å². The molecule has 0 heterocycles. The van der Waals surface area contributed by atoms with Gasteiger partial charge in [-0.3, -0.25) is 20.4 Å². The molecule has 0 saturated heterocycles. The number of thioether (sulfide) groups is 1. The van der Waals surface area contributed by atoms with Crippen molar-refractivity contribution in [2.75, 3.05) is 19.5 Å². The zero-order valence-electron chi connectivity index (χ0n) is 16.4. The molecule has 0 unspecified atom stereocenters. The molecule has 0 spiro atoms. The predicted molar refractivity (Wildman–Crippen MR) is 111 cm³/mol. The van der Waals surface area contributed by atoms with Crippen LogP contribution in [0.4, 0.5) is 0 Å².